The monoisotopic (exact) mass is 440 g/mol. The van der Waals surface area contributed by atoms with Crippen LogP contribution in [0.4, 0.5) is 10.1 Å². The van der Waals surface area contributed by atoms with Gasteiger partial charge in [0.1, 0.15) is 11.6 Å². The fourth-order valence-corrected chi connectivity index (χ4v) is 5.18. The van der Waals surface area contributed by atoms with Crippen LogP contribution in [0, 0.1) is 11.7 Å². The number of piperidine rings is 1. The van der Waals surface area contributed by atoms with E-state index in [1.165, 1.54) is 46.6 Å². The lowest BCUT2D eigenvalue weighted by Gasteiger charge is -2.32. The second kappa shape index (κ2) is 8.69. The van der Waals surface area contributed by atoms with Crippen molar-refractivity contribution in [3.8, 4) is 5.75 Å². The molecule has 1 saturated heterocycles. The molecule has 2 aromatic rings. The van der Waals surface area contributed by atoms with Gasteiger partial charge in [0, 0.05) is 31.7 Å². The molecule has 9 heteroatoms. The van der Waals surface area contributed by atoms with E-state index < -0.39 is 10.0 Å². The van der Waals surface area contributed by atoms with E-state index in [1.54, 1.807) is 19.2 Å². The Morgan fingerprint density at radius 2 is 1.79 bits per heavy atom. The summed E-state index contributed by atoms with van der Waals surface area (Å²) in [5.74, 6) is -0.373. The van der Waals surface area contributed by atoms with E-state index in [-0.39, 0.29) is 40.6 Å². The predicted molar refractivity (Wildman–Crippen MR) is 109 cm³/mol. The number of carbonyl (C=O) groups excluding carboxylic acids is 1. The van der Waals surface area contributed by atoms with E-state index in [0.29, 0.717) is 24.3 Å². The second-order valence-electron chi connectivity index (χ2n) is 6.85. The molecule has 156 valence electrons. The molecule has 2 aromatic carbocycles. The van der Waals surface area contributed by atoms with Gasteiger partial charge >= 0.3 is 0 Å². The van der Waals surface area contributed by atoms with E-state index >= 15 is 0 Å². The van der Waals surface area contributed by atoms with Gasteiger partial charge in [-0.1, -0.05) is 11.6 Å². The molecule has 1 aliphatic rings. The topological polar surface area (TPSA) is 66.9 Å². The summed E-state index contributed by atoms with van der Waals surface area (Å²) < 4.78 is 45.3. The van der Waals surface area contributed by atoms with Gasteiger partial charge in [0.15, 0.2) is 0 Å². The largest absolute Gasteiger partial charge is 0.495 e. The number of benzene rings is 2. The number of amides is 1. The average Bonchev–Trinajstić information content (AvgIpc) is 2.73. The zero-order valence-corrected chi connectivity index (χ0v) is 17.7. The molecule has 1 amide bonds. The smallest absolute Gasteiger partial charge is 0.243 e. The van der Waals surface area contributed by atoms with Crippen molar-refractivity contribution in [3.63, 3.8) is 0 Å². The van der Waals surface area contributed by atoms with Crippen molar-refractivity contribution < 1.29 is 22.3 Å². The van der Waals surface area contributed by atoms with Crippen molar-refractivity contribution in [2.75, 3.05) is 32.1 Å². The van der Waals surface area contributed by atoms with Gasteiger partial charge in [-0.15, -0.1) is 0 Å². The summed E-state index contributed by atoms with van der Waals surface area (Å²) in [5, 5.41) is 0.222. The molecule has 0 N–H and O–H groups in total. The summed E-state index contributed by atoms with van der Waals surface area (Å²) in [6, 6.07) is 10.0. The SMILES string of the molecule is COc1ccc(S(=O)(=O)N2CCC(C(=O)N(C)c3ccc(F)cc3)CC2)cc1Cl. The lowest BCUT2D eigenvalue weighted by atomic mass is 9.96. The maximum Gasteiger partial charge on any atom is 0.243 e. The summed E-state index contributed by atoms with van der Waals surface area (Å²) in [6.07, 6.45) is 0.820. The summed E-state index contributed by atoms with van der Waals surface area (Å²) in [5.41, 5.74) is 0.597. The lowest BCUT2D eigenvalue weighted by molar-refractivity contribution is -0.123. The van der Waals surface area contributed by atoms with Crippen LogP contribution in [0.5, 0.6) is 5.75 Å². The van der Waals surface area contributed by atoms with Crippen molar-refractivity contribution >= 4 is 33.2 Å². The van der Waals surface area contributed by atoms with E-state index in [1.807, 2.05) is 0 Å². The average molecular weight is 441 g/mol. The number of halogens is 2. The van der Waals surface area contributed by atoms with Crippen LogP contribution >= 0.6 is 11.6 Å². The summed E-state index contributed by atoms with van der Waals surface area (Å²) in [4.78, 5) is 14.3. The number of methoxy groups -OCH3 is 1. The Kier molecular flexibility index (Phi) is 6.45. The molecule has 0 radical (unpaired) electrons. The van der Waals surface area contributed by atoms with Gasteiger partial charge in [0.2, 0.25) is 15.9 Å². The van der Waals surface area contributed by atoms with Crippen molar-refractivity contribution in [2.45, 2.75) is 17.7 Å². The molecule has 3 rings (SSSR count). The van der Waals surface area contributed by atoms with Crippen molar-refractivity contribution in [1.82, 2.24) is 4.31 Å². The maximum absolute atomic E-state index is 13.1. The number of carbonyl (C=O) groups is 1. The molecule has 0 saturated carbocycles. The highest BCUT2D eigenvalue weighted by atomic mass is 35.5. The molecule has 29 heavy (non-hydrogen) atoms. The minimum Gasteiger partial charge on any atom is -0.495 e. The predicted octanol–water partition coefficient (Wildman–Crippen LogP) is 3.55. The highest BCUT2D eigenvalue weighted by molar-refractivity contribution is 7.89. The number of hydrogen-bond acceptors (Lipinski definition) is 4. The molecule has 0 atom stereocenters. The Bertz CT molecular complexity index is 990. The fraction of sp³-hybridized carbons (Fsp3) is 0.350. The van der Waals surface area contributed by atoms with Gasteiger partial charge in [-0.25, -0.2) is 12.8 Å². The van der Waals surface area contributed by atoms with Crippen molar-refractivity contribution in [2.24, 2.45) is 5.92 Å². The molecule has 0 unspecified atom stereocenters. The van der Waals surface area contributed by atoms with Crippen LogP contribution in [0.25, 0.3) is 0 Å². The zero-order valence-electron chi connectivity index (χ0n) is 16.1. The van der Waals surface area contributed by atoms with Gasteiger partial charge < -0.3 is 9.64 Å². The third kappa shape index (κ3) is 4.55. The number of sulfonamides is 1. The molecule has 0 aliphatic carbocycles. The molecular formula is C20H22ClFN2O4S. The number of hydrogen-bond donors (Lipinski definition) is 0. The van der Waals surface area contributed by atoms with Gasteiger partial charge in [0.05, 0.1) is 17.0 Å². The molecule has 0 bridgehead atoms. The zero-order chi connectivity index (χ0) is 21.2. The van der Waals surface area contributed by atoms with Gasteiger partial charge in [-0.05, 0) is 55.3 Å². The van der Waals surface area contributed by atoms with Crippen LogP contribution in [0.3, 0.4) is 0 Å². The van der Waals surface area contributed by atoms with Crippen LogP contribution in [-0.4, -0.2) is 45.9 Å². The van der Waals surface area contributed by atoms with Crippen LogP contribution in [-0.2, 0) is 14.8 Å². The van der Waals surface area contributed by atoms with Crippen LogP contribution in [0.2, 0.25) is 5.02 Å². The second-order valence-corrected chi connectivity index (χ2v) is 9.19. The summed E-state index contributed by atoms with van der Waals surface area (Å²) >= 11 is 6.06. The molecular weight excluding hydrogens is 419 g/mol. The lowest BCUT2D eigenvalue weighted by Crippen LogP contribution is -2.43. The van der Waals surface area contributed by atoms with Crippen LogP contribution in [0.15, 0.2) is 47.4 Å². The minimum atomic E-state index is -3.71. The molecule has 6 nitrogen and oxygen atoms in total. The van der Waals surface area contributed by atoms with Gasteiger partial charge in [-0.3, -0.25) is 4.79 Å². The van der Waals surface area contributed by atoms with E-state index in [0.717, 1.165) is 0 Å². The normalized spacial score (nSPS) is 15.9. The number of nitrogens with zero attached hydrogens (tertiary/aromatic N) is 2. The highest BCUT2D eigenvalue weighted by Crippen LogP contribution is 2.31. The number of ether oxygens (including phenoxy) is 1. The number of rotatable bonds is 5. The molecule has 1 fully saturated rings. The number of anilines is 1. The first-order valence-electron chi connectivity index (χ1n) is 9.11. The van der Waals surface area contributed by atoms with Crippen LogP contribution < -0.4 is 9.64 Å². The van der Waals surface area contributed by atoms with E-state index in [9.17, 15) is 17.6 Å². The Hall–Kier alpha value is -2.16. The molecule has 1 heterocycles. The highest BCUT2D eigenvalue weighted by Gasteiger charge is 2.33. The van der Waals surface area contributed by atoms with Crippen LogP contribution in [0.1, 0.15) is 12.8 Å². The Labute approximate surface area is 174 Å². The van der Waals surface area contributed by atoms with Gasteiger partial charge in [0.25, 0.3) is 0 Å². The van der Waals surface area contributed by atoms with E-state index in [2.05, 4.69) is 0 Å². The van der Waals surface area contributed by atoms with Gasteiger partial charge in [-0.2, -0.15) is 4.31 Å². The fourth-order valence-electron chi connectivity index (χ4n) is 3.37. The van der Waals surface area contributed by atoms with Crippen molar-refractivity contribution in [3.05, 3.63) is 53.3 Å². The molecule has 0 spiro atoms. The van der Waals surface area contributed by atoms with Crippen molar-refractivity contribution in [1.29, 1.82) is 0 Å². The third-order valence-corrected chi connectivity index (χ3v) is 7.30. The Morgan fingerprint density at radius 1 is 1.17 bits per heavy atom. The minimum absolute atomic E-state index is 0.0940. The third-order valence-electron chi connectivity index (χ3n) is 5.11. The first-order valence-corrected chi connectivity index (χ1v) is 10.9. The Balaban J connectivity index is 1.67. The van der Waals surface area contributed by atoms with E-state index in [4.69, 9.17) is 16.3 Å². The standard InChI is InChI=1S/C20H22ClFN2O4S/c1-23(16-5-3-15(22)4-6-16)20(25)14-9-11-24(12-10-14)29(26,27)17-7-8-19(28-2)18(21)13-17/h3-8,13-14H,9-12H2,1-2H3. The summed E-state index contributed by atoms with van der Waals surface area (Å²) in [6.45, 7) is 0.472. The molecule has 0 aromatic heterocycles. The maximum atomic E-state index is 13.1. The quantitative estimate of drug-likeness (QED) is 0.713. The molecule has 1 aliphatic heterocycles. The first-order chi connectivity index (χ1) is 13.7. The Morgan fingerprint density at radius 3 is 2.34 bits per heavy atom. The first kappa shape index (κ1) is 21.5. The summed E-state index contributed by atoms with van der Waals surface area (Å²) in [7, 11) is -0.614.